The van der Waals surface area contributed by atoms with Crippen molar-refractivity contribution in [1.82, 2.24) is 0 Å². The van der Waals surface area contributed by atoms with Crippen molar-refractivity contribution in [3.63, 3.8) is 0 Å². The highest BCUT2D eigenvalue weighted by Crippen LogP contribution is 2.25. The van der Waals surface area contributed by atoms with Crippen LogP contribution in [0.25, 0.3) is 0 Å². The molecule has 0 saturated heterocycles. The normalized spacial score (nSPS) is 12.0. The van der Waals surface area contributed by atoms with Gasteiger partial charge in [0, 0.05) is 5.56 Å². The molecule has 3 nitrogen and oxygen atoms in total. The molecule has 0 spiro atoms. The van der Waals surface area contributed by atoms with E-state index in [1.807, 2.05) is 32.0 Å². The summed E-state index contributed by atoms with van der Waals surface area (Å²) in [5.41, 5.74) is 2.46. The number of ether oxygens (including phenoxy) is 1. The van der Waals surface area contributed by atoms with Crippen LogP contribution in [0.2, 0.25) is 0 Å². The van der Waals surface area contributed by atoms with E-state index in [-0.39, 0.29) is 5.56 Å². The minimum Gasteiger partial charge on any atom is -0.493 e. The van der Waals surface area contributed by atoms with E-state index < -0.39 is 17.7 Å². The van der Waals surface area contributed by atoms with E-state index in [1.54, 1.807) is 12.1 Å². The van der Waals surface area contributed by atoms with Crippen LogP contribution in [0.15, 0.2) is 42.5 Å². The highest BCUT2D eigenvalue weighted by atomic mass is 19.1. The van der Waals surface area contributed by atoms with Gasteiger partial charge >= 0.3 is 5.97 Å². The summed E-state index contributed by atoms with van der Waals surface area (Å²) < 4.78 is 19.5. The van der Waals surface area contributed by atoms with Crippen molar-refractivity contribution in [3.05, 3.63) is 65.0 Å². The van der Waals surface area contributed by atoms with E-state index in [1.165, 1.54) is 12.1 Å². The second-order valence-electron chi connectivity index (χ2n) is 5.60. The van der Waals surface area contributed by atoms with Crippen LogP contribution in [0.4, 0.5) is 4.39 Å². The van der Waals surface area contributed by atoms with E-state index in [9.17, 15) is 14.3 Å². The molecule has 0 aliphatic carbocycles. The SMILES string of the molecule is Cc1cccc(OCCCC(C(=O)O)c2ccccc2F)c1C. The Kier molecular flexibility index (Phi) is 5.74. The molecule has 2 rings (SSSR count). The molecule has 4 heteroatoms. The lowest BCUT2D eigenvalue weighted by Crippen LogP contribution is -2.14. The number of rotatable bonds is 7. The first-order valence-corrected chi connectivity index (χ1v) is 7.67. The van der Waals surface area contributed by atoms with E-state index >= 15 is 0 Å². The van der Waals surface area contributed by atoms with Crippen LogP contribution < -0.4 is 4.74 Å². The summed E-state index contributed by atoms with van der Waals surface area (Å²) >= 11 is 0. The molecule has 1 atom stereocenters. The molecule has 1 N–H and O–H groups in total. The molecule has 0 aliphatic heterocycles. The highest BCUT2D eigenvalue weighted by molar-refractivity contribution is 5.76. The fourth-order valence-corrected chi connectivity index (χ4v) is 2.52. The molecular formula is C19H21FO3. The lowest BCUT2D eigenvalue weighted by Gasteiger charge is -2.15. The van der Waals surface area contributed by atoms with Crippen LogP contribution in [-0.4, -0.2) is 17.7 Å². The van der Waals surface area contributed by atoms with Gasteiger partial charge in [-0.2, -0.15) is 0 Å². The summed E-state index contributed by atoms with van der Waals surface area (Å²) in [5, 5.41) is 9.34. The predicted molar refractivity (Wildman–Crippen MR) is 87.4 cm³/mol. The average molecular weight is 316 g/mol. The molecule has 0 aromatic heterocycles. The maximum Gasteiger partial charge on any atom is 0.311 e. The third-order valence-corrected chi connectivity index (χ3v) is 4.03. The summed E-state index contributed by atoms with van der Waals surface area (Å²) in [4.78, 5) is 11.4. The van der Waals surface area contributed by atoms with Gasteiger partial charge in [0.25, 0.3) is 0 Å². The smallest absolute Gasteiger partial charge is 0.311 e. The van der Waals surface area contributed by atoms with E-state index in [2.05, 4.69) is 0 Å². The highest BCUT2D eigenvalue weighted by Gasteiger charge is 2.22. The van der Waals surface area contributed by atoms with Crippen LogP contribution in [0, 0.1) is 19.7 Å². The monoisotopic (exact) mass is 316 g/mol. The van der Waals surface area contributed by atoms with E-state index in [0.717, 1.165) is 16.9 Å². The number of hydrogen-bond acceptors (Lipinski definition) is 2. The number of halogens is 1. The fourth-order valence-electron chi connectivity index (χ4n) is 2.52. The van der Waals surface area contributed by atoms with E-state index in [4.69, 9.17) is 4.74 Å². The van der Waals surface area contributed by atoms with Crippen molar-refractivity contribution >= 4 is 5.97 Å². The van der Waals surface area contributed by atoms with Crippen molar-refractivity contribution in [3.8, 4) is 5.75 Å². The Bertz CT molecular complexity index is 682. The van der Waals surface area contributed by atoms with Gasteiger partial charge in [0.2, 0.25) is 0 Å². The summed E-state index contributed by atoms with van der Waals surface area (Å²) in [7, 11) is 0. The third kappa shape index (κ3) is 4.31. The zero-order chi connectivity index (χ0) is 16.8. The van der Waals surface area contributed by atoms with Crippen LogP contribution in [0.3, 0.4) is 0 Å². The molecule has 23 heavy (non-hydrogen) atoms. The van der Waals surface area contributed by atoms with Gasteiger partial charge < -0.3 is 9.84 Å². The van der Waals surface area contributed by atoms with Gasteiger partial charge in [-0.25, -0.2) is 4.39 Å². The summed E-state index contributed by atoms with van der Waals surface area (Å²) in [6, 6.07) is 11.9. The predicted octanol–water partition coefficient (Wildman–Crippen LogP) is 4.47. The maximum absolute atomic E-state index is 13.8. The van der Waals surface area contributed by atoms with Gasteiger partial charge in [0.15, 0.2) is 0 Å². The number of aryl methyl sites for hydroxylation is 1. The van der Waals surface area contributed by atoms with Crippen molar-refractivity contribution in [2.75, 3.05) is 6.61 Å². The Hall–Kier alpha value is -2.36. The third-order valence-electron chi connectivity index (χ3n) is 4.03. The van der Waals surface area contributed by atoms with Crippen LogP contribution >= 0.6 is 0 Å². The summed E-state index contributed by atoms with van der Waals surface area (Å²) in [5.74, 6) is -1.53. The number of carboxylic acid groups (broad SMARTS) is 1. The molecule has 0 bridgehead atoms. The first kappa shape index (κ1) is 17.0. The van der Waals surface area contributed by atoms with Gasteiger partial charge in [-0.15, -0.1) is 0 Å². The minimum absolute atomic E-state index is 0.228. The molecule has 2 aromatic carbocycles. The van der Waals surface area contributed by atoms with Gasteiger partial charge in [0.05, 0.1) is 12.5 Å². The summed E-state index contributed by atoms with van der Waals surface area (Å²) in [6.45, 7) is 4.41. The lowest BCUT2D eigenvalue weighted by atomic mass is 9.94. The second kappa shape index (κ2) is 7.77. The second-order valence-corrected chi connectivity index (χ2v) is 5.60. The lowest BCUT2D eigenvalue weighted by molar-refractivity contribution is -0.139. The Balaban J connectivity index is 1.94. The molecule has 0 saturated carbocycles. The molecule has 0 fully saturated rings. The standard InChI is InChI=1S/C19H21FO3/c1-13-7-5-11-18(14(13)2)23-12-6-9-16(19(21)22)15-8-3-4-10-17(15)20/h3-5,7-8,10-11,16H,6,9,12H2,1-2H3,(H,21,22). The van der Waals surface area contributed by atoms with Crippen LogP contribution in [-0.2, 0) is 4.79 Å². The van der Waals surface area contributed by atoms with Gasteiger partial charge in [-0.1, -0.05) is 30.3 Å². The number of benzene rings is 2. The molecule has 2 aromatic rings. The Morgan fingerprint density at radius 3 is 2.61 bits per heavy atom. The van der Waals surface area contributed by atoms with Gasteiger partial charge in [0.1, 0.15) is 11.6 Å². The first-order valence-electron chi connectivity index (χ1n) is 7.67. The van der Waals surface area contributed by atoms with E-state index in [0.29, 0.717) is 19.4 Å². The molecule has 122 valence electrons. The Morgan fingerprint density at radius 2 is 1.91 bits per heavy atom. The van der Waals surface area contributed by atoms with Crippen LogP contribution in [0.5, 0.6) is 5.75 Å². The molecule has 0 aliphatic rings. The number of carbonyl (C=O) groups is 1. The zero-order valence-corrected chi connectivity index (χ0v) is 13.4. The van der Waals surface area contributed by atoms with Crippen molar-refractivity contribution < 1.29 is 19.0 Å². The number of hydrogen-bond donors (Lipinski definition) is 1. The molecule has 0 heterocycles. The maximum atomic E-state index is 13.8. The van der Waals surface area contributed by atoms with Crippen molar-refractivity contribution in [1.29, 1.82) is 0 Å². The molecule has 0 amide bonds. The van der Waals surface area contributed by atoms with Crippen molar-refractivity contribution in [2.45, 2.75) is 32.6 Å². The van der Waals surface area contributed by atoms with Crippen molar-refractivity contribution in [2.24, 2.45) is 0 Å². The Labute approximate surface area is 135 Å². The largest absolute Gasteiger partial charge is 0.493 e. The minimum atomic E-state index is -1.01. The molecular weight excluding hydrogens is 295 g/mol. The Morgan fingerprint density at radius 1 is 1.17 bits per heavy atom. The van der Waals surface area contributed by atoms with Crippen LogP contribution in [0.1, 0.15) is 35.4 Å². The average Bonchev–Trinajstić information content (AvgIpc) is 2.52. The topological polar surface area (TPSA) is 46.5 Å². The van der Waals surface area contributed by atoms with Gasteiger partial charge in [-0.05, 0) is 49.9 Å². The molecule has 1 unspecified atom stereocenters. The number of aliphatic carboxylic acids is 1. The fraction of sp³-hybridized carbons (Fsp3) is 0.316. The first-order chi connectivity index (χ1) is 11.0. The molecule has 0 radical (unpaired) electrons. The number of carboxylic acids is 1. The summed E-state index contributed by atoms with van der Waals surface area (Å²) in [6.07, 6.45) is 0.875. The quantitative estimate of drug-likeness (QED) is 0.767. The zero-order valence-electron chi connectivity index (χ0n) is 13.4. The van der Waals surface area contributed by atoms with Gasteiger partial charge in [-0.3, -0.25) is 4.79 Å².